The summed E-state index contributed by atoms with van der Waals surface area (Å²) in [5.41, 5.74) is 1.15. The molecule has 1 aromatic heterocycles. The van der Waals surface area contributed by atoms with Gasteiger partial charge in [-0.1, -0.05) is 0 Å². The van der Waals surface area contributed by atoms with Crippen LogP contribution in [-0.4, -0.2) is 59.9 Å². The molecule has 6 heteroatoms. The Morgan fingerprint density at radius 3 is 3.00 bits per heavy atom. The van der Waals surface area contributed by atoms with Gasteiger partial charge in [-0.05, 0) is 32.0 Å². The SMILES string of the molecule is CN1CCCC1CNC(=O)[C@H]1CNC[C@@H]1c1cnn(C)c1. The second-order valence-corrected chi connectivity index (χ2v) is 6.34. The van der Waals surface area contributed by atoms with Gasteiger partial charge in [-0.2, -0.15) is 5.10 Å². The number of nitrogens with zero attached hydrogens (tertiary/aromatic N) is 3. The van der Waals surface area contributed by atoms with Crippen molar-refractivity contribution in [2.24, 2.45) is 13.0 Å². The maximum absolute atomic E-state index is 12.5. The van der Waals surface area contributed by atoms with Gasteiger partial charge in [0.1, 0.15) is 0 Å². The normalized spacial score (nSPS) is 29.9. The van der Waals surface area contributed by atoms with Crippen molar-refractivity contribution in [3.63, 3.8) is 0 Å². The van der Waals surface area contributed by atoms with Gasteiger partial charge in [0.15, 0.2) is 0 Å². The molecule has 2 aliphatic rings. The molecular weight excluding hydrogens is 266 g/mol. The molecule has 3 atom stereocenters. The monoisotopic (exact) mass is 291 g/mol. The lowest BCUT2D eigenvalue weighted by Crippen LogP contribution is -2.42. The standard InChI is InChI=1S/C15H25N5O/c1-19-5-3-4-12(19)7-17-15(21)14-9-16-8-13(14)11-6-18-20(2)10-11/h6,10,12-14,16H,3-5,7-9H2,1-2H3,(H,17,21)/t12?,13-,14+/m1/s1. The maximum Gasteiger partial charge on any atom is 0.225 e. The highest BCUT2D eigenvalue weighted by atomic mass is 16.1. The van der Waals surface area contributed by atoms with Gasteiger partial charge < -0.3 is 15.5 Å². The molecule has 0 bridgehead atoms. The number of aromatic nitrogens is 2. The summed E-state index contributed by atoms with van der Waals surface area (Å²) in [5, 5.41) is 10.7. The Bertz CT molecular complexity index is 500. The largest absolute Gasteiger partial charge is 0.354 e. The number of amides is 1. The minimum Gasteiger partial charge on any atom is -0.354 e. The van der Waals surface area contributed by atoms with Crippen molar-refractivity contribution in [1.29, 1.82) is 0 Å². The fourth-order valence-electron chi connectivity index (χ4n) is 3.52. The average Bonchev–Trinajstić information content (AvgIpc) is 3.16. The average molecular weight is 291 g/mol. The molecule has 0 radical (unpaired) electrons. The van der Waals surface area contributed by atoms with E-state index in [-0.39, 0.29) is 17.7 Å². The van der Waals surface area contributed by atoms with Gasteiger partial charge >= 0.3 is 0 Å². The second-order valence-electron chi connectivity index (χ2n) is 6.34. The smallest absolute Gasteiger partial charge is 0.225 e. The van der Waals surface area contributed by atoms with Crippen LogP contribution in [0.25, 0.3) is 0 Å². The molecule has 0 spiro atoms. The number of likely N-dealkylation sites (N-methyl/N-ethyl adjacent to an activating group) is 1. The second kappa shape index (κ2) is 6.15. The highest BCUT2D eigenvalue weighted by Gasteiger charge is 2.35. The highest BCUT2D eigenvalue weighted by Crippen LogP contribution is 2.28. The third-order valence-electron chi connectivity index (χ3n) is 4.89. The fourth-order valence-corrected chi connectivity index (χ4v) is 3.52. The maximum atomic E-state index is 12.5. The van der Waals surface area contributed by atoms with E-state index in [4.69, 9.17) is 0 Å². The zero-order chi connectivity index (χ0) is 14.8. The lowest BCUT2D eigenvalue weighted by atomic mass is 9.90. The number of rotatable bonds is 4. The van der Waals surface area contributed by atoms with Gasteiger partial charge in [-0.15, -0.1) is 0 Å². The van der Waals surface area contributed by atoms with E-state index in [1.165, 1.54) is 12.8 Å². The van der Waals surface area contributed by atoms with E-state index in [1.54, 1.807) is 4.68 Å². The van der Waals surface area contributed by atoms with Crippen molar-refractivity contribution in [3.05, 3.63) is 18.0 Å². The van der Waals surface area contributed by atoms with Gasteiger partial charge in [0, 0.05) is 44.8 Å². The zero-order valence-corrected chi connectivity index (χ0v) is 12.9. The van der Waals surface area contributed by atoms with Gasteiger partial charge in [0.2, 0.25) is 5.91 Å². The Balaban J connectivity index is 1.58. The summed E-state index contributed by atoms with van der Waals surface area (Å²) in [6.07, 6.45) is 6.32. The number of nitrogens with one attached hydrogen (secondary N) is 2. The molecule has 2 N–H and O–H groups in total. The van der Waals surface area contributed by atoms with E-state index in [1.807, 2.05) is 19.4 Å². The fraction of sp³-hybridized carbons (Fsp3) is 0.733. The Hall–Kier alpha value is -1.40. The number of hydrogen-bond acceptors (Lipinski definition) is 4. The third-order valence-corrected chi connectivity index (χ3v) is 4.89. The number of likely N-dealkylation sites (tertiary alicyclic amines) is 1. The molecule has 0 aromatic carbocycles. The summed E-state index contributed by atoms with van der Waals surface area (Å²) in [7, 11) is 4.05. The lowest BCUT2D eigenvalue weighted by molar-refractivity contribution is -0.125. The van der Waals surface area contributed by atoms with Crippen molar-refractivity contribution in [1.82, 2.24) is 25.3 Å². The summed E-state index contributed by atoms with van der Waals surface area (Å²) < 4.78 is 1.80. The van der Waals surface area contributed by atoms with Gasteiger partial charge in [0.25, 0.3) is 0 Å². The molecule has 6 nitrogen and oxygen atoms in total. The molecule has 0 aliphatic carbocycles. The van der Waals surface area contributed by atoms with Crippen LogP contribution in [0.4, 0.5) is 0 Å². The summed E-state index contributed by atoms with van der Waals surface area (Å²) >= 11 is 0. The molecule has 1 amide bonds. The number of carbonyl (C=O) groups is 1. The first kappa shape index (κ1) is 14.5. The van der Waals surface area contributed by atoms with Gasteiger partial charge in [-0.25, -0.2) is 0 Å². The molecule has 1 aromatic rings. The third kappa shape index (κ3) is 3.11. The summed E-state index contributed by atoms with van der Waals surface area (Å²) in [6.45, 7) is 3.52. The predicted molar refractivity (Wildman–Crippen MR) is 81.0 cm³/mol. The van der Waals surface area contributed by atoms with Crippen LogP contribution in [0.15, 0.2) is 12.4 Å². The molecular formula is C15H25N5O. The van der Waals surface area contributed by atoms with Crippen LogP contribution in [0.3, 0.4) is 0 Å². The first-order valence-corrected chi connectivity index (χ1v) is 7.82. The Labute approximate surface area is 125 Å². The first-order valence-electron chi connectivity index (χ1n) is 7.82. The molecule has 2 fully saturated rings. The Morgan fingerprint density at radius 1 is 1.48 bits per heavy atom. The van der Waals surface area contributed by atoms with Crippen LogP contribution in [0.1, 0.15) is 24.3 Å². The molecule has 116 valence electrons. The van der Waals surface area contributed by atoms with Crippen molar-refractivity contribution in [2.45, 2.75) is 24.8 Å². The van der Waals surface area contributed by atoms with Crippen LogP contribution >= 0.6 is 0 Å². The van der Waals surface area contributed by atoms with Crippen molar-refractivity contribution < 1.29 is 4.79 Å². The number of aryl methyl sites for hydroxylation is 1. The van der Waals surface area contributed by atoms with E-state index in [9.17, 15) is 4.79 Å². The summed E-state index contributed by atoms with van der Waals surface area (Å²) in [6, 6.07) is 0.500. The van der Waals surface area contributed by atoms with Crippen molar-refractivity contribution in [2.75, 3.05) is 33.2 Å². The summed E-state index contributed by atoms with van der Waals surface area (Å²) in [4.78, 5) is 14.8. The van der Waals surface area contributed by atoms with Crippen molar-refractivity contribution >= 4 is 5.91 Å². The molecule has 1 unspecified atom stereocenters. The van der Waals surface area contributed by atoms with Crippen LogP contribution < -0.4 is 10.6 Å². The minimum absolute atomic E-state index is 0.0147. The Kier molecular flexibility index (Phi) is 4.26. The number of carbonyl (C=O) groups excluding carboxylic acids is 1. The quantitative estimate of drug-likeness (QED) is 0.815. The Morgan fingerprint density at radius 2 is 2.33 bits per heavy atom. The lowest BCUT2D eigenvalue weighted by Gasteiger charge is -2.22. The van der Waals surface area contributed by atoms with E-state index in [2.05, 4.69) is 27.7 Å². The summed E-state index contributed by atoms with van der Waals surface area (Å²) in [5.74, 6) is 0.426. The van der Waals surface area contributed by atoms with E-state index in [0.717, 1.165) is 31.7 Å². The molecule has 21 heavy (non-hydrogen) atoms. The molecule has 2 saturated heterocycles. The first-order chi connectivity index (χ1) is 10.1. The van der Waals surface area contributed by atoms with Gasteiger partial charge in [-0.3, -0.25) is 9.48 Å². The number of hydrogen-bond donors (Lipinski definition) is 2. The topological polar surface area (TPSA) is 62.2 Å². The van der Waals surface area contributed by atoms with E-state index >= 15 is 0 Å². The van der Waals surface area contributed by atoms with E-state index < -0.39 is 0 Å². The van der Waals surface area contributed by atoms with Crippen LogP contribution in [0.5, 0.6) is 0 Å². The van der Waals surface area contributed by atoms with Crippen LogP contribution in [0.2, 0.25) is 0 Å². The molecule has 3 heterocycles. The predicted octanol–water partition coefficient (Wildman–Crippen LogP) is -0.0665. The van der Waals surface area contributed by atoms with Crippen molar-refractivity contribution in [3.8, 4) is 0 Å². The van der Waals surface area contributed by atoms with E-state index in [0.29, 0.717) is 6.04 Å². The van der Waals surface area contributed by atoms with Crippen LogP contribution in [-0.2, 0) is 11.8 Å². The molecule has 2 aliphatic heterocycles. The van der Waals surface area contributed by atoms with Crippen LogP contribution in [0, 0.1) is 5.92 Å². The minimum atomic E-state index is 0.0147. The zero-order valence-electron chi connectivity index (χ0n) is 12.9. The molecule has 0 saturated carbocycles. The highest BCUT2D eigenvalue weighted by molar-refractivity contribution is 5.80. The van der Waals surface area contributed by atoms with Gasteiger partial charge in [0.05, 0.1) is 12.1 Å². The molecule has 3 rings (SSSR count).